The number of fused-ring (bicyclic) bond motifs is 1. The molecule has 0 atom stereocenters. The summed E-state index contributed by atoms with van der Waals surface area (Å²) in [6.45, 7) is 4.03. The molecule has 0 fully saturated rings. The quantitative estimate of drug-likeness (QED) is 0.405. The molecule has 0 radical (unpaired) electrons. The van der Waals surface area contributed by atoms with Crippen molar-refractivity contribution >= 4 is 28.5 Å². The standard InChI is InChI=1S/C26H26N4O2/c1-17-4-3-5-20(14-17)16-27-26(32)21-9-12-23-24(15-21)30-25(29-23)13-8-19-6-10-22(11-7-19)28-18(2)31/h3-7,9-12,14-15H,8,13,16H2,1-2H3,(H,27,32)(H,28,31)(H,29,30). The summed E-state index contributed by atoms with van der Waals surface area (Å²) in [6.07, 6.45) is 1.58. The molecule has 0 saturated carbocycles. The van der Waals surface area contributed by atoms with Gasteiger partial charge in [-0.3, -0.25) is 9.59 Å². The summed E-state index contributed by atoms with van der Waals surface area (Å²) in [5.74, 6) is 0.690. The second-order valence-electron chi connectivity index (χ2n) is 7.97. The number of aromatic nitrogens is 2. The molecule has 0 aliphatic carbocycles. The van der Waals surface area contributed by atoms with Gasteiger partial charge in [0, 0.05) is 31.1 Å². The molecular weight excluding hydrogens is 400 g/mol. The van der Waals surface area contributed by atoms with Crippen LogP contribution in [0.25, 0.3) is 11.0 Å². The molecule has 3 aromatic carbocycles. The van der Waals surface area contributed by atoms with Crippen LogP contribution in [0.3, 0.4) is 0 Å². The van der Waals surface area contributed by atoms with E-state index in [0.29, 0.717) is 12.1 Å². The molecule has 1 aromatic heterocycles. The highest BCUT2D eigenvalue weighted by Crippen LogP contribution is 2.16. The minimum atomic E-state index is -0.108. The molecule has 32 heavy (non-hydrogen) atoms. The summed E-state index contributed by atoms with van der Waals surface area (Å²) in [5.41, 5.74) is 6.50. The van der Waals surface area contributed by atoms with Crippen LogP contribution in [0.2, 0.25) is 0 Å². The van der Waals surface area contributed by atoms with Gasteiger partial charge < -0.3 is 15.6 Å². The van der Waals surface area contributed by atoms with Gasteiger partial charge in [-0.05, 0) is 54.8 Å². The Morgan fingerprint density at radius 2 is 1.75 bits per heavy atom. The Bertz CT molecular complexity index is 1260. The van der Waals surface area contributed by atoms with Crippen LogP contribution in [0.5, 0.6) is 0 Å². The second kappa shape index (κ2) is 9.47. The van der Waals surface area contributed by atoms with Crippen LogP contribution in [0, 0.1) is 6.92 Å². The zero-order valence-corrected chi connectivity index (χ0v) is 18.2. The third-order valence-corrected chi connectivity index (χ3v) is 5.25. The lowest BCUT2D eigenvalue weighted by atomic mass is 10.1. The first-order valence-corrected chi connectivity index (χ1v) is 10.7. The molecule has 6 nitrogen and oxygen atoms in total. The molecule has 0 aliphatic heterocycles. The zero-order chi connectivity index (χ0) is 22.5. The van der Waals surface area contributed by atoms with Crippen molar-refractivity contribution in [1.29, 1.82) is 0 Å². The van der Waals surface area contributed by atoms with Crippen LogP contribution < -0.4 is 10.6 Å². The Labute approximate surface area is 187 Å². The van der Waals surface area contributed by atoms with E-state index in [1.807, 2.05) is 61.5 Å². The van der Waals surface area contributed by atoms with Crippen molar-refractivity contribution in [3.63, 3.8) is 0 Å². The number of anilines is 1. The van der Waals surface area contributed by atoms with Gasteiger partial charge in [-0.25, -0.2) is 4.98 Å². The highest BCUT2D eigenvalue weighted by atomic mass is 16.2. The minimum absolute atomic E-state index is 0.0803. The van der Waals surface area contributed by atoms with Crippen molar-refractivity contribution in [2.45, 2.75) is 33.2 Å². The molecule has 0 spiro atoms. The minimum Gasteiger partial charge on any atom is -0.348 e. The number of hydrogen-bond donors (Lipinski definition) is 3. The van der Waals surface area contributed by atoms with E-state index in [0.717, 1.165) is 46.5 Å². The normalized spacial score (nSPS) is 10.8. The SMILES string of the molecule is CC(=O)Nc1ccc(CCc2nc3ccc(C(=O)NCc4cccc(C)c4)cc3[nH]2)cc1. The van der Waals surface area contributed by atoms with Crippen LogP contribution in [0.1, 0.15) is 39.8 Å². The summed E-state index contributed by atoms with van der Waals surface area (Å²) in [4.78, 5) is 31.7. The van der Waals surface area contributed by atoms with Gasteiger partial charge in [-0.1, -0.05) is 42.0 Å². The Balaban J connectivity index is 1.38. The fourth-order valence-electron chi connectivity index (χ4n) is 3.65. The number of aromatic amines is 1. The topological polar surface area (TPSA) is 86.9 Å². The Morgan fingerprint density at radius 1 is 0.938 bits per heavy atom. The number of H-pyrrole nitrogens is 1. The van der Waals surface area contributed by atoms with Crippen molar-refractivity contribution < 1.29 is 9.59 Å². The molecule has 0 aliphatic rings. The van der Waals surface area contributed by atoms with Crippen LogP contribution in [0.15, 0.2) is 66.7 Å². The molecule has 4 rings (SSSR count). The zero-order valence-electron chi connectivity index (χ0n) is 18.2. The maximum atomic E-state index is 12.6. The number of amides is 2. The van der Waals surface area contributed by atoms with Crippen LogP contribution in [-0.4, -0.2) is 21.8 Å². The van der Waals surface area contributed by atoms with E-state index in [-0.39, 0.29) is 11.8 Å². The molecule has 0 unspecified atom stereocenters. The number of aryl methyl sites for hydroxylation is 3. The third-order valence-electron chi connectivity index (χ3n) is 5.25. The number of hydrogen-bond acceptors (Lipinski definition) is 3. The van der Waals surface area contributed by atoms with E-state index in [9.17, 15) is 9.59 Å². The first kappa shape index (κ1) is 21.3. The largest absolute Gasteiger partial charge is 0.348 e. The van der Waals surface area contributed by atoms with Gasteiger partial charge in [0.2, 0.25) is 5.91 Å². The number of carbonyl (C=O) groups excluding carboxylic acids is 2. The lowest BCUT2D eigenvalue weighted by molar-refractivity contribution is -0.114. The van der Waals surface area contributed by atoms with E-state index < -0.39 is 0 Å². The van der Waals surface area contributed by atoms with Gasteiger partial charge in [0.15, 0.2) is 0 Å². The van der Waals surface area contributed by atoms with E-state index in [2.05, 4.69) is 26.7 Å². The summed E-state index contributed by atoms with van der Waals surface area (Å²) in [5, 5.41) is 5.75. The third kappa shape index (κ3) is 5.40. The molecule has 2 amide bonds. The summed E-state index contributed by atoms with van der Waals surface area (Å²) in [7, 11) is 0. The van der Waals surface area contributed by atoms with Gasteiger partial charge >= 0.3 is 0 Å². The van der Waals surface area contributed by atoms with Gasteiger partial charge in [0.05, 0.1) is 11.0 Å². The van der Waals surface area contributed by atoms with Crippen LogP contribution in [0.4, 0.5) is 5.69 Å². The molecular formula is C26H26N4O2. The molecule has 6 heteroatoms. The monoisotopic (exact) mass is 426 g/mol. The van der Waals surface area contributed by atoms with E-state index in [1.165, 1.54) is 12.5 Å². The molecule has 162 valence electrons. The fraction of sp³-hybridized carbons (Fsp3) is 0.192. The average molecular weight is 427 g/mol. The first-order valence-electron chi connectivity index (χ1n) is 10.7. The van der Waals surface area contributed by atoms with Gasteiger partial charge in [-0.15, -0.1) is 0 Å². The maximum Gasteiger partial charge on any atom is 0.251 e. The smallest absolute Gasteiger partial charge is 0.251 e. The molecule has 3 N–H and O–H groups in total. The van der Waals surface area contributed by atoms with Crippen molar-refractivity contribution in [2.75, 3.05) is 5.32 Å². The first-order chi connectivity index (χ1) is 15.5. The Kier molecular flexibility index (Phi) is 6.31. The highest BCUT2D eigenvalue weighted by molar-refractivity contribution is 5.97. The maximum absolute atomic E-state index is 12.6. The average Bonchev–Trinajstić information content (AvgIpc) is 3.19. The number of nitrogens with one attached hydrogen (secondary N) is 3. The predicted octanol–water partition coefficient (Wildman–Crippen LogP) is 4.54. The highest BCUT2D eigenvalue weighted by Gasteiger charge is 2.09. The number of imidazole rings is 1. The summed E-state index contributed by atoms with van der Waals surface area (Å²) >= 11 is 0. The fourth-order valence-corrected chi connectivity index (χ4v) is 3.65. The summed E-state index contributed by atoms with van der Waals surface area (Å²) in [6, 6.07) is 21.4. The number of benzene rings is 3. The lowest BCUT2D eigenvalue weighted by Gasteiger charge is -2.06. The van der Waals surface area contributed by atoms with E-state index in [4.69, 9.17) is 0 Å². The van der Waals surface area contributed by atoms with Crippen LogP contribution >= 0.6 is 0 Å². The molecule has 4 aromatic rings. The summed E-state index contributed by atoms with van der Waals surface area (Å²) < 4.78 is 0. The van der Waals surface area contributed by atoms with Crippen molar-refractivity contribution in [3.8, 4) is 0 Å². The van der Waals surface area contributed by atoms with Crippen molar-refractivity contribution in [2.24, 2.45) is 0 Å². The Morgan fingerprint density at radius 3 is 2.50 bits per heavy atom. The van der Waals surface area contributed by atoms with Gasteiger partial charge in [-0.2, -0.15) is 0 Å². The van der Waals surface area contributed by atoms with E-state index in [1.54, 1.807) is 6.07 Å². The van der Waals surface area contributed by atoms with E-state index >= 15 is 0 Å². The number of nitrogens with zero attached hydrogens (tertiary/aromatic N) is 1. The van der Waals surface area contributed by atoms with Gasteiger partial charge in [0.25, 0.3) is 5.91 Å². The van der Waals surface area contributed by atoms with Gasteiger partial charge in [0.1, 0.15) is 5.82 Å². The lowest BCUT2D eigenvalue weighted by Crippen LogP contribution is -2.22. The second-order valence-corrected chi connectivity index (χ2v) is 7.97. The van der Waals surface area contributed by atoms with Crippen LogP contribution in [-0.2, 0) is 24.2 Å². The van der Waals surface area contributed by atoms with Crippen molar-refractivity contribution in [3.05, 3.63) is 94.8 Å². The molecule has 1 heterocycles. The predicted molar refractivity (Wildman–Crippen MR) is 127 cm³/mol. The molecule has 0 saturated heterocycles. The van der Waals surface area contributed by atoms with Crippen molar-refractivity contribution in [1.82, 2.24) is 15.3 Å². The Hall–Kier alpha value is -3.93. The molecule has 0 bridgehead atoms. The number of rotatable bonds is 7. The number of carbonyl (C=O) groups is 2.